The van der Waals surface area contributed by atoms with Crippen LogP contribution in [0.15, 0.2) is 24.3 Å². The van der Waals surface area contributed by atoms with Gasteiger partial charge in [-0.15, -0.1) is 0 Å². The first-order chi connectivity index (χ1) is 8.67. The molecule has 0 saturated heterocycles. The van der Waals surface area contributed by atoms with Gasteiger partial charge < -0.3 is 5.73 Å². The summed E-state index contributed by atoms with van der Waals surface area (Å²) in [5.74, 6) is 0.680. The van der Waals surface area contributed by atoms with Crippen molar-refractivity contribution in [3.8, 4) is 0 Å². The van der Waals surface area contributed by atoms with E-state index in [9.17, 15) is 4.39 Å². The van der Waals surface area contributed by atoms with E-state index in [1.165, 1.54) is 24.8 Å². The van der Waals surface area contributed by atoms with Crippen LogP contribution in [0.25, 0.3) is 0 Å². The minimum Gasteiger partial charge on any atom is -0.328 e. The van der Waals surface area contributed by atoms with Crippen LogP contribution in [0.1, 0.15) is 62.0 Å². The van der Waals surface area contributed by atoms with Gasteiger partial charge in [-0.3, -0.25) is 0 Å². The van der Waals surface area contributed by atoms with E-state index in [2.05, 4.69) is 12.1 Å². The van der Waals surface area contributed by atoms with Crippen LogP contribution in [0.2, 0.25) is 0 Å². The number of hydrogen-bond donors (Lipinski definition) is 1. The average Bonchev–Trinajstić information content (AvgIpc) is 2.32. The summed E-state index contributed by atoms with van der Waals surface area (Å²) < 4.78 is 15.0. The minimum absolute atomic E-state index is 0.198. The molecule has 0 heterocycles. The highest BCUT2D eigenvalue weighted by molar-refractivity contribution is 5.32. The maximum Gasteiger partial charge on any atom is 0.136 e. The Morgan fingerprint density at radius 3 is 2.44 bits per heavy atom. The Morgan fingerprint density at radius 1 is 1.11 bits per heavy atom. The van der Waals surface area contributed by atoms with Crippen molar-refractivity contribution in [1.29, 1.82) is 0 Å². The zero-order chi connectivity index (χ0) is 12.6. The molecule has 2 heteroatoms. The molecule has 0 aromatic heterocycles. The van der Waals surface area contributed by atoms with Crippen LogP contribution in [0.5, 0.6) is 0 Å². The lowest BCUT2D eigenvalue weighted by molar-refractivity contribution is 0.0977. The molecule has 1 aromatic rings. The quantitative estimate of drug-likeness (QED) is 0.839. The number of alkyl halides is 1. The summed E-state index contributed by atoms with van der Waals surface area (Å²) in [5.41, 5.74) is 6.97. The average molecular weight is 247 g/mol. The molecule has 98 valence electrons. The highest BCUT2D eigenvalue weighted by Crippen LogP contribution is 2.43. The van der Waals surface area contributed by atoms with Crippen LogP contribution in [-0.2, 0) is 5.67 Å². The molecule has 2 saturated carbocycles. The molecule has 0 atom stereocenters. The van der Waals surface area contributed by atoms with E-state index >= 15 is 0 Å². The Balaban J connectivity index is 1.82. The van der Waals surface area contributed by atoms with Crippen LogP contribution in [-0.4, -0.2) is 6.04 Å². The number of halogens is 1. The van der Waals surface area contributed by atoms with Gasteiger partial charge in [-0.2, -0.15) is 0 Å². The molecule has 0 unspecified atom stereocenters. The minimum atomic E-state index is -1.13. The predicted molar refractivity (Wildman–Crippen MR) is 72.3 cm³/mol. The summed E-state index contributed by atoms with van der Waals surface area (Å²) >= 11 is 0. The molecule has 2 aliphatic carbocycles. The lowest BCUT2D eigenvalue weighted by atomic mass is 9.76. The maximum atomic E-state index is 15.0. The second kappa shape index (κ2) is 4.65. The van der Waals surface area contributed by atoms with E-state index in [0.29, 0.717) is 18.8 Å². The highest BCUT2D eigenvalue weighted by Gasteiger charge is 2.36. The van der Waals surface area contributed by atoms with Gasteiger partial charge in [0.1, 0.15) is 5.67 Å². The van der Waals surface area contributed by atoms with Crippen LogP contribution in [0, 0.1) is 0 Å². The summed E-state index contributed by atoms with van der Waals surface area (Å²) in [7, 11) is 0. The number of benzene rings is 1. The van der Waals surface area contributed by atoms with E-state index < -0.39 is 5.67 Å². The largest absolute Gasteiger partial charge is 0.328 e. The molecular weight excluding hydrogens is 225 g/mol. The smallest absolute Gasteiger partial charge is 0.136 e. The molecular formula is C16H22FN. The number of nitrogens with two attached hydrogens (primary N) is 1. The van der Waals surface area contributed by atoms with Gasteiger partial charge in [-0.05, 0) is 55.6 Å². The molecule has 0 spiro atoms. The normalized spacial score (nSPS) is 33.1. The Morgan fingerprint density at radius 2 is 1.83 bits per heavy atom. The Kier molecular flexibility index (Phi) is 3.14. The molecule has 1 aromatic carbocycles. The maximum absolute atomic E-state index is 15.0. The first-order valence-electron chi connectivity index (χ1n) is 7.22. The standard InChI is InChI=1S/C16H22FN/c17-16(9-7-15(18)8-10-16)14-6-2-5-13(11-14)12-3-1-4-12/h2,5-6,11-12,15H,1,3-4,7-10,18H2. The summed E-state index contributed by atoms with van der Waals surface area (Å²) in [6.45, 7) is 0. The lowest BCUT2D eigenvalue weighted by Gasteiger charge is -2.34. The van der Waals surface area contributed by atoms with Crippen molar-refractivity contribution in [3.63, 3.8) is 0 Å². The van der Waals surface area contributed by atoms with E-state index in [1.807, 2.05) is 12.1 Å². The molecule has 2 fully saturated rings. The van der Waals surface area contributed by atoms with Crippen molar-refractivity contribution in [2.75, 3.05) is 0 Å². The van der Waals surface area contributed by atoms with Gasteiger partial charge in [0, 0.05) is 6.04 Å². The van der Waals surface area contributed by atoms with Gasteiger partial charge in [0.2, 0.25) is 0 Å². The van der Waals surface area contributed by atoms with Crippen molar-refractivity contribution < 1.29 is 4.39 Å². The highest BCUT2D eigenvalue weighted by atomic mass is 19.1. The topological polar surface area (TPSA) is 26.0 Å². The summed E-state index contributed by atoms with van der Waals surface area (Å²) in [5, 5.41) is 0. The number of rotatable bonds is 2. The summed E-state index contributed by atoms with van der Waals surface area (Å²) in [6, 6.07) is 8.45. The summed E-state index contributed by atoms with van der Waals surface area (Å²) in [6.07, 6.45) is 6.66. The van der Waals surface area contributed by atoms with E-state index in [-0.39, 0.29) is 6.04 Å². The van der Waals surface area contributed by atoms with Crippen molar-refractivity contribution in [1.82, 2.24) is 0 Å². The molecule has 18 heavy (non-hydrogen) atoms. The van der Waals surface area contributed by atoms with Crippen LogP contribution in [0.4, 0.5) is 4.39 Å². The van der Waals surface area contributed by atoms with Gasteiger partial charge in [0.25, 0.3) is 0 Å². The first kappa shape index (κ1) is 12.2. The van der Waals surface area contributed by atoms with Gasteiger partial charge in [-0.1, -0.05) is 30.7 Å². The van der Waals surface area contributed by atoms with E-state index in [4.69, 9.17) is 5.73 Å². The molecule has 0 amide bonds. The van der Waals surface area contributed by atoms with Gasteiger partial charge in [-0.25, -0.2) is 4.39 Å². The monoisotopic (exact) mass is 247 g/mol. The van der Waals surface area contributed by atoms with Crippen LogP contribution in [0.3, 0.4) is 0 Å². The van der Waals surface area contributed by atoms with Crippen molar-refractivity contribution >= 4 is 0 Å². The molecule has 1 nitrogen and oxygen atoms in total. The molecule has 2 aliphatic rings. The second-order valence-corrected chi connectivity index (χ2v) is 6.06. The molecule has 2 N–H and O–H groups in total. The zero-order valence-electron chi connectivity index (χ0n) is 10.9. The van der Waals surface area contributed by atoms with Crippen LogP contribution < -0.4 is 5.73 Å². The number of hydrogen-bond acceptors (Lipinski definition) is 1. The van der Waals surface area contributed by atoms with Crippen molar-refractivity contribution in [2.45, 2.75) is 62.6 Å². The van der Waals surface area contributed by atoms with Gasteiger partial charge >= 0.3 is 0 Å². The fourth-order valence-electron chi connectivity index (χ4n) is 3.20. The zero-order valence-corrected chi connectivity index (χ0v) is 10.9. The Labute approximate surface area is 109 Å². The molecule has 0 radical (unpaired) electrons. The predicted octanol–water partition coefficient (Wildman–Crippen LogP) is 4.02. The summed E-state index contributed by atoms with van der Waals surface area (Å²) in [4.78, 5) is 0. The van der Waals surface area contributed by atoms with Gasteiger partial charge in [0.05, 0.1) is 0 Å². The fourth-order valence-corrected chi connectivity index (χ4v) is 3.20. The Hall–Kier alpha value is -0.890. The van der Waals surface area contributed by atoms with Crippen LogP contribution >= 0.6 is 0 Å². The SMILES string of the molecule is NC1CCC(F)(c2cccc(C3CCC3)c2)CC1. The van der Waals surface area contributed by atoms with Gasteiger partial charge in [0.15, 0.2) is 0 Å². The van der Waals surface area contributed by atoms with E-state index in [1.54, 1.807) is 0 Å². The van der Waals surface area contributed by atoms with E-state index in [0.717, 1.165) is 18.4 Å². The molecule has 0 bridgehead atoms. The molecule has 0 aliphatic heterocycles. The lowest BCUT2D eigenvalue weighted by Crippen LogP contribution is -2.34. The molecule has 3 rings (SSSR count). The third-order valence-electron chi connectivity index (χ3n) is 4.80. The Bertz CT molecular complexity index is 417. The fraction of sp³-hybridized carbons (Fsp3) is 0.625. The second-order valence-electron chi connectivity index (χ2n) is 6.06. The third-order valence-corrected chi connectivity index (χ3v) is 4.80. The third kappa shape index (κ3) is 2.18. The first-order valence-corrected chi connectivity index (χ1v) is 7.22. The van der Waals surface area contributed by atoms with Crippen molar-refractivity contribution in [2.24, 2.45) is 5.73 Å². The van der Waals surface area contributed by atoms with Crippen molar-refractivity contribution in [3.05, 3.63) is 35.4 Å².